The van der Waals surface area contributed by atoms with E-state index < -0.39 is 5.97 Å². The Hall–Kier alpha value is -0.880. The molecule has 0 spiro atoms. The van der Waals surface area contributed by atoms with E-state index in [1.165, 1.54) is 11.3 Å². The molecular weight excluding hydrogens is 258 g/mol. The van der Waals surface area contributed by atoms with Crippen LogP contribution in [0.15, 0.2) is 15.9 Å². The molecule has 0 bridgehead atoms. The number of hydrogen-bond donors (Lipinski definition) is 2. The van der Waals surface area contributed by atoms with Gasteiger partial charge in [-0.15, -0.1) is 11.3 Å². The Bertz CT molecular complexity index is 336. The molecule has 13 heavy (non-hydrogen) atoms. The first-order valence-corrected chi connectivity index (χ1v) is 5.01. The van der Waals surface area contributed by atoms with Crippen molar-refractivity contribution in [2.24, 2.45) is 0 Å². The molecule has 0 aliphatic carbocycles. The molecule has 0 aliphatic rings. The van der Waals surface area contributed by atoms with Crippen molar-refractivity contribution in [1.29, 1.82) is 0 Å². The number of halogens is 1. The minimum atomic E-state index is -1.05. The molecule has 1 aromatic heterocycles. The third kappa shape index (κ3) is 2.82. The van der Waals surface area contributed by atoms with Crippen molar-refractivity contribution in [2.45, 2.75) is 0 Å². The maximum atomic E-state index is 11.2. The van der Waals surface area contributed by atoms with Gasteiger partial charge in [0.25, 0.3) is 5.91 Å². The van der Waals surface area contributed by atoms with Crippen molar-refractivity contribution in [1.82, 2.24) is 5.32 Å². The fourth-order valence-electron chi connectivity index (χ4n) is 0.692. The van der Waals surface area contributed by atoms with Gasteiger partial charge < -0.3 is 10.4 Å². The van der Waals surface area contributed by atoms with E-state index in [2.05, 4.69) is 21.2 Å². The lowest BCUT2D eigenvalue weighted by atomic mass is 10.4. The number of carbonyl (C=O) groups excluding carboxylic acids is 1. The molecule has 0 saturated heterocycles. The number of carbonyl (C=O) groups is 2. The van der Waals surface area contributed by atoms with Gasteiger partial charge in [0.1, 0.15) is 11.4 Å². The maximum absolute atomic E-state index is 11.2. The monoisotopic (exact) mass is 263 g/mol. The number of thiophene rings is 1. The van der Waals surface area contributed by atoms with Crippen LogP contribution in [-0.4, -0.2) is 23.5 Å². The lowest BCUT2D eigenvalue weighted by Gasteiger charge is -1.99. The van der Waals surface area contributed by atoms with Gasteiger partial charge in [-0.1, -0.05) is 0 Å². The smallest absolute Gasteiger partial charge is 0.322 e. The SMILES string of the molecule is O=C(O)CNC(=O)c1sccc1Br. The minimum Gasteiger partial charge on any atom is -0.480 e. The zero-order valence-corrected chi connectivity index (χ0v) is 8.81. The molecule has 4 nitrogen and oxygen atoms in total. The third-order valence-electron chi connectivity index (χ3n) is 1.22. The average Bonchev–Trinajstić information content (AvgIpc) is 2.47. The summed E-state index contributed by atoms with van der Waals surface area (Å²) in [5.41, 5.74) is 0. The highest BCUT2D eigenvalue weighted by molar-refractivity contribution is 9.10. The van der Waals surface area contributed by atoms with E-state index in [1.807, 2.05) is 0 Å². The van der Waals surface area contributed by atoms with Gasteiger partial charge in [-0.2, -0.15) is 0 Å². The van der Waals surface area contributed by atoms with Gasteiger partial charge in [0.05, 0.1) is 0 Å². The predicted molar refractivity (Wildman–Crippen MR) is 52.0 cm³/mol. The number of carboxylic acid groups (broad SMARTS) is 1. The molecule has 0 unspecified atom stereocenters. The highest BCUT2D eigenvalue weighted by Crippen LogP contribution is 2.21. The van der Waals surface area contributed by atoms with Crippen molar-refractivity contribution in [2.75, 3.05) is 6.54 Å². The second kappa shape index (κ2) is 4.38. The van der Waals surface area contributed by atoms with Crippen LogP contribution in [0, 0.1) is 0 Å². The van der Waals surface area contributed by atoms with E-state index in [4.69, 9.17) is 5.11 Å². The van der Waals surface area contributed by atoms with Crippen molar-refractivity contribution >= 4 is 39.1 Å². The Morgan fingerprint density at radius 1 is 1.62 bits per heavy atom. The fraction of sp³-hybridized carbons (Fsp3) is 0.143. The highest BCUT2D eigenvalue weighted by Gasteiger charge is 2.11. The molecule has 70 valence electrons. The molecule has 0 fully saturated rings. The van der Waals surface area contributed by atoms with Crippen LogP contribution in [0.4, 0.5) is 0 Å². The first kappa shape index (κ1) is 10.2. The highest BCUT2D eigenvalue weighted by atomic mass is 79.9. The first-order chi connectivity index (χ1) is 6.11. The molecular formula is C7H6BrNO3S. The first-order valence-electron chi connectivity index (χ1n) is 3.34. The topological polar surface area (TPSA) is 66.4 Å². The van der Waals surface area contributed by atoms with Crippen LogP contribution in [0.1, 0.15) is 9.67 Å². The molecule has 0 saturated carbocycles. The Balaban J connectivity index is 2.59. The molecule has 0 atom stereocenters. The Morgan fingerprint density at radius 2 is 2.31 bits per heavy atom. The van der Waals surface area contributed by atoms with E-state index >= 15 is 0 Å². The van der Waals surface area contributed by atoms with Gasteiger partial charge in [-0.05, 0) is 27.4 Å². The van der Waals surface area contributed by atoms with E-state index in [0.717, 1.165) is 0 Å². The maximum Gasteiger partial charge on any atom is 0.322 e. The van der Waals surface area contributed by atoms with Gasteiger partial charge in [0.15, 0.2) is 0 Å². The van der Waals surface area contributed by atoms with Gasteiger partial charge in [0.2, 0.25) is 0 Å². The summed E-state index contributed by atoms with van der Waals surface area (Å²) in [5, 5.41) is 12.3. The van der Waals surface area contributed by atoms with E-state index in [0.29, 0.717) is 9.35 Å². The largest absolute Gasteiger partial charge is 0.480 e. The van der Waals surface area contributed by atoms with Crippen LogP contribution < -0.4 is 5.32 Å². The standard InChI is InChI=1S/C7H6BrNO3S/c8-4-1-2-13-6(4)7(12)9-3-5(10)11/h1-2H,3H2,(H,9,12)(H,10,11). The van der Waals surface area contributed by atoms with Crippen LogP contribution in [-0.2, 0) is 4.79 Å². The molecule has 0 aromatic carbocycles. The van der Waals surface area contributed by atoms with Gasteiger partial charge >= 0.3 is 5.97 Å². The zero-order valence-electron chi connectivity index (χ0n) is 6.41. The number of nitrogens with one attached hydrogen (secondary N) is 1. The number of aliphatic carboxylic acids is 1. The molecule has 1 aromatic rings. The quantitative estimate of drug-likeness (QED) is 0.865. The van der Waals surface area contributed by atoms with Crippen LogP contribution in [0.5, 0.6) is 0 Å². The molecule has 2 N–H and O–H groups in total. The predicted octanol–water partition coefficient (Wildman–Crippen LogP) is 1.32. The van der Waals surface area contributed by atoms with Gasteiger partial charge in [-0.25, -0.2) is 0 Å². The van der Waals surface area contributed by atoms with E-state index in [9.17, 15) is 9.59 Å². The third-order valence-corrected chi connectivity index (χ3v) is 3.06. The van der Waals surface area contributed by atoms with Crippen LogP contribution in [0.3, 0.4) is 0 Å². The van der Waals surface area contributed by atoms with Crippen molar-refractivity contribution in [3.63, 3.8) is 0 Å². The lowest BCUT2D eigenvalue weighted by Crippen LogP contribution is -2.28. The normalized spacial score (nSPS) is 9.62. The second-order valence-electron chi connectivity index (χ2n) is 2.17. The van der Waals surface area contributed by atoms with Gasteiger partial charge in [-0.3, -0.25) is 9.59 Å². The molecule has 1 amide bonds. The summed E-state index contributed by atoms with van der Waals surface area (Å²) in [6, 6.07) is 1.74. The van der Waals surface area contributed by atoms with Crippen LogP contribution in [0.2, 0.25) is 0 Å². The molecule has 1 heterocycles. The van der Waals surface area contributed by atoms with E-state index in [1.54, 1.807) is 11.4 Å². The van der Waals surface area contributed by atoms with Crippen LogP contribution in [0.25, 0.3) is 0 Å². The average molecular weight is 264 g/mol. The number of rotatable bonds is 3. The Labute approximate surface area is 86.7 Å². The summed E-state index contributed by atoms with van der Waals surface area (Å²) in [6.07, 6.45) is 0. The number of carboxylic acids is 1. The number of hydrogen-bond acceptors (Lipinski definition) is 3. The minimum absolute atomic E-state index is 0.358. The summed E-state index contributed by atoms with van der Waals surface area (Å²) in [4.78, 5) is 21.9. The molecule has 0 radical (unpaired) electrons. The van der Waals surface area contributed by atoms with Crippen molar-refractivity contribution in [3.05, 3.63) is 20.8 Å². The molecule has 0 aliphatic heterocycles. The number of amides is 1. The summed E-state index contributed by atoms with van der Waals surface area (Å²) >= 11 is 4.43. The van der Waals surface area contributed by atoms with Gasteiger partial charge in [0, 0.05) is 4.47 Å². The molecule has 6 heteroatoms. The summed E-state index contributed by atoms with van der Waals surface area (Å²) in [6.45, 7) is -0.358. The van der Waals surface area contributed by atoms with Crippen LogP contribution >= 0.6 is 27.3 Å². The summed E-state index contributed by atoms with van der Waals surface area (Å²) in [7, 11) is 0. The Morgan fingerprint density at radius 3 is 2.77 bits per heavy atom. The lowest BCUT2D eigenvalue weighted by molar-refractivity contribution is -0.135. The fourth-order valence-corrected chi connectivity index (χ4v) is 2.16. The van der Waals surface area contributed by atoms with Crippen molar-refractivity contribution in [3.8, 4) is 0 Å². The second-order valence-corrected chi connectivity index (χ2v) is 3.94. The molecule has 1 rings (SSSR count). The summed E-state index contributed by atoms with van der Waals surface area (Å²) < 4.78 is 0.681. The Kier molecular flexibility index (Phi) is 3.44. The summed E-state index contributed by atoms with van der Waals surface area (Å²) in [5.74, 6) is -1.43. The van der Waals surface area contributed by atoms with Crippen molar-refractivity contribution < 1.29 is 14.7 Å². The zero-order chi connectivity index (χ0) is 9.84. The van der Waals surface area contributed by atoms with E-state index in [-0.39, 0.29) is 12.5 Å².